The van der Waals surface area contributed by atoms with Crippen LogP contribution in [0.15, 0.2) is 81.7 Å². The number of hydrogen-bond donors (Lipinski definition) is 3. The minimum atomic E-state index is -3.36. The fourth-order valence-electron chi connectivity index (χ4n) is 3.11. The molecule has 0 heterocycles. The van der Waals surface area contributed by atoms with Crippen LogP contribution in [0, 0.1) is 0 Å². The Balaban J connectivity index is 2.44. The molecule has 0 saturated carbocycles. The number of carbonyl (C=O) groups excluding carboxylic acids is 1. The number of hydrogen-bond acceptors (Lipinski definition) is 6. The largest absolute Gasteiger partial charge is 0.387 e. The summed E-state index contributed by atoms with van der Waals surface area (Å²) in [6.07, 6.45) is 9.84. The molecule has 0 bridgehead atoms. The Labute approximate surface area is 191 Å². The van der Waals surface area contributed by atoms with Crippen LogP contribution in [0.1, 0.15) is 19.8 Å². The zero-order valence-electron chi connectivity index (χ0n) is 19.1. The second kappa shape index (κ2) is 11.5. The molecule has 4 N–H and O–H groups in total. The van der Waals surface area contributed by atoms with E-state index < -0.39 is 15.7 Å². The summed E-state index contributed by atoms with van der Waals surface area (Å²) >= 11 is 0. The Kier molecular flexibility index (Phi) is 9.08. The molecule has 0 radical (unpaired) electrons. The number of nitrogens with one attached hydrogen (secondary N) is 2. The van der Waals surface area contributed by atoms with Crippen molar-refractivity contribution in [1.82, 2.24) is 10.2 Å². The van der Waals surface area contributed by atoms with Gasteiger partial charge in [-0.05, 0) is 56.4 Å². The van der Waals surface area contributed by atoms with Crippen LogP contribution >= 0.6 is 0 Å². The third-order valence-electron chi connectivity index (χ3n) is 4.85. The molecule has 32 heavy (non-hydrogen) atoms. The van der Waals surface area contributed by atoms with E-state index in [1.54, 1.807) is 24.3 Å². The molecule has 0 unspecified atom stereocenters. The Morgan fingerprint density at radius 3 is 2.66 bits per heavy atom. The lowest BCUT2D eigenvalue weighted by Gasteiger charge is -2.16. The number of benzene rings is 1. The molecule has 0 spiro atoms. The zero-order valence-corrected chi connectivity index (χ0v) is 19.9. The molecule has 1 aromatic rings. The van der Waals surface area contributed by atoms with Gasteiger partial charge in [-0.15, -0.1) is 0 Å². The number of primary amides is 1. The van der Waals surface area contributed by atoms with Crippen molar-refractivity contribution in [3.63, 3.8) is 0 Å². The minimum absolute atomic E-state index is 0.180. The van der Waals surface area contributed by atoms with Crippen molar-refractivity contribution in [2.24, 2.45) is 5.73 Å². The summed E-state index contributed by atoms with van der Waals surface area (Å²) in [5, 5.41) is 6.60. The Hall–Kier alpha value is -3.06. The van der Waals surface area contributed by atoms with E-state index in [4.69, 9.17) is 5.73 Å². The maximum atomic E-state index is 12.1. The first-order chi connectivity index (χ1) is 15.1. The third-order valence-corrected chi connectivity index (χ3v) is 5.96. The summed E-state index contributed by atoms with van der Waals surface area (Å²) in [5.41, 5.74) is 12.1. The molecule has 1 aliphatic rings. The third kappa shape index (κ3) is 7.57. The highest BCUT2D eigenvalue weighted by Crippen LogP contribution is 2.21. The first-order valence-electron chi connectivity index (χ1n) is 10.4. The van der Waals surface area contributed by atoms with Crippen LogP contribution in [-0.2, 0) is 14.6 Å². The maximum absolute atomic E-state index is 12.1. The molecular weight excluding hydrogens is 424 g/mol. The van der Waals surface area contributed by atoms with E-state index in [1.807, 2.05) is 26.2 Å². The average molecular weight is 457 g/mol. The van der Waals surface area contributed by atoms with Gasteiger partial charge in [0.1, 0.15) is 0 Å². The van der Waals surface area contributed by atoms with E-state index in [0.717, 1.165) is 37.0 Å². The van der Waals surface area contributed by atoms with E-state index in [2.05, 4.69) is 28.2 Å². The van der Waals surface area contributed by atoms with Gasteiger partial charge in [-0.2, -0.15) is 0 Å². The van der Waals surface area contributed by atoms with Crippen LogP contribution in [0.4, 0.5) is 5.69 Å². The van der Waals surface area contributed by atoms with Gasteiger partial charge in [-0.1, -0.05) is 30.9 Å². The lowest BCUT2D eigenvalue weighted by molar-refractivity contribution is -0.114. The van der Waals surface area contributed by atoms with Gasteiger partial charge in [0.2, 0.25) is 0 Å². The van der Waals surface area contributed by atoms with Crippen molar-refractivity contribution in [2.75, 3.05) is 38.8 Å². The van der Waals surface area contributed by atoms with Gasteiger partial charge in [-0.25, -0.2) is 8.42 Å². The number of nitrogens with two attached hydrogens (primary N) is 1. The molecule has 1 aromatic carbocycles. The molecule has 0 saturated heterocycles. The van der Waals surface area contributed by atoms with E-state index in [-0.39, 0.29) is 10.5 Å². The number of carbonyl (C=O) groups is 1. The van der Waals surface area contributed by atoms with Crippen molar-refractivity contribution >= 4 is 21.4 Å². The minimum Gasteiger partial charge on any atom is -0.387 e. The summed E-state index contributed by atoms with van der Waals surface area (Å²) in [6.45, 7) is 3.79. The van der Waals surface area contributed by atoms with Crippen molar-refractivity contribution in [3.05, 3.63) is 76.8 Å². The SMILES string of the molecule is CCC1=C(/NCCN(C)C)CC=C=C(Nc2cccc(S(C)(=O)=O)c2)\C(C(N)=O)=C/C=C/1. The van der Waals surface area contributed by atoms with Gasteiger partial charge < -0.3 is 21.3 Å². The molecule has 2 rings (SSSR count). The predicted molar refractivity (Wildman–Crippen MR) is 130 cm³/mol. The molecule has 0 aliphatic heterocycles. The highest BCUT2D eigenvalue weighted by molar-refractivity contribution is 7.90. The second-order valence-electron chi connectivity index (χ2n) is 7.74. The number of anilines is 1. The van der Waals surface area contributed by atoms with E-state index >= 15 is 0 Å². The quantitative estimate of drug-likeness (QED) is 0.494. The van der Waals surface area contributed by atoms with Gasteiger partial charge in [0, 0.05) is 37.2 Å². The molecule has 7 nitrogen and oxygen atoms in total. The van der Waals surface area contributed by atoms with E-state index in [0.29, 0.717) is 17.8 Å². The van der Waals surface area contributed by atoms with E-state index in [9.17, 15) is 13.2 Å². The Morgan fingerprint density at radius 1 is 1.28 bits per heavy atom. The summed E-state index contributed by atoms with van der Waals surface area (Å²) in [4.78, 5) is 14.4. The van der Waals surface area contributed by atoms with Crippen LogP contribution in [0.25, 0.3) is 0 Å². The van der Waals surface area contributed by atoms with Crippen LogP contribution in [-0.4, -0.2) is 52.7 Å². The molecule has 0 atom stereocenters. The first kappa shape index (κ1) is 25.2. The van der Waals surface area contributed by atoms with Gasteiger partial charge in [0.15, 0.2) is 9.84 Å². The van der Waals surface area contributed by atoms with Gasteiger partial charge >= 0.3 is 0 Å². The molecule has 0 fully saturated rings. The number of likely N-dealkylation sites (N-methyl/N-ethyl adjacent to an activating group) is 1. The second-order valence-corrected chi connectivity index (χ2v) is 9.76. The smallest absolute Gasteiger partial charge is 0.251 e. The van der Waals surface area contributed by atoms with Crippen molar-refractivity contribution in [3.8, 4) is 0 Å². The Morgan fingerprint density at radius 2 is 2.03 bits per heavy atom. The highest BCUT2D eigenvalue weighted by atomic mass is 32.2. The lowest BCUT2D eigenvalue weighted by atomic mass is 10.0. The number of rotatable bonds is 9. The predicted octanol–water partition coefficient (Wildman–Crippen LogP) is 2.73. The first-order valence-corrected chi connectivity index (χ1v) is 12.3. The van der Waals surface area contributed by atoms with Crippen LogP contribution < -0.4 is 16.4 Å². The zero-order chi connectivity index (χ0) is 23.7. The van der Waals surface area contributed by atoms with E-state index in [1.165, 1.54) is 12.1 Å². The molecule has 0 aromatic heterocycles. The summed E-state index contributed by atoms with van der Waals surface area (Å²) in [5.74, 6) is -0.607. The van der Waals surface area contributed by atoms with Gasteiger partial charge in [-0.3, -0.25) is 4.79 Å². The standard InChI is InChI=1S/C24H32N4O3S/c1-5-18-9-6-12-21(24(25)29)23(14-8-13-22(18)26-15-16-28(2)3)27-19-10-7-11-20(17-19)32(4,30)31/h6-12,17,26-27H,5,13,15-16H2,1-4H3,(H2,25,29)/b9-6+,21-12+,22-18+. The number of nitrogens with zero attached hydrogens (tertiary/aromatic N) is 1. The molecular formula is C24H32N4O3S. The average Bonchev–Trinajstić information content (AvgIpc) is 2.71. The molecule has 1 aliphatic carbocycles. The summed E-state index contributed by atoms with van der Waals surface area (Å²) in [6, 6.07) is 6.40. The summed E-state index contributed by atoms with van der Waals surface area (Å²) < 4.78 is 23.8. The fraction of sp³-hybridized carbons (Fsp3) is 0.333. The number of sulfone groups is 1. The molecule has 8 heteroatoms. The maximum Gasteiger partial charge on any atom is 0.251 e. The van der Waals surface area contributed by atoms with Crippen LogP contribution in [0.3, 0.4) is 0 Å². The van der Waals surface area contributed by atoms with Crippen LogP contribution in [0.2, 0.25) is 0 Å². The van der Waals surface area contributed by atoms with Crippen molar-refractivity contribution in [2.45, 2.75) is 24.7 Å². The van der Waals surface area contributed by atoms with Gasteiger partial charge in [0.25, 0.3) is 5.91 Å². The normalized spacial score (nSPS) is 19.7. The summed E-state index contributed by atoms with van der Waals surface area (Å²) in [7, 11) is 0.691. The number of amides is 1. The molecule has 1 amide bonds. The highest BCUT2D eigenvalue weighted by Gasteiger charge is 2.14. The number of allylic oxidation sites excluding steroid dienone is 5. The van der Waals surface area contributed by atoms with Gasteiger partial charge in [0.05, 0.1) is 16.2 Å². The lowest BCUT2D eigenvalue weighted by Crippen LogP contribution is -2.26. The Bertz CT molecular complexity index is 1110. The molecule has 172 valence electrons. The topological polar surface area (TPSA) is 105 Å². The van der Waals surface area contributed by atoms with Crippen molar-refractivity contribution < 1.29 is 13.2 Å². The van der Waals surface area contributed by atoms with Crippen molar-refractivity contribution in [1.29, 1.82) is 0 Å². The monoisotopic (exact) mass is 456 g/mol. The fourth-order valence-corrected chi connectivity index (χ4v) is 3.78. The van der Waals surface area contributed by atoms with Crippen LogP contribution in [0.5, 0.6) is 0 Å².